The first kappa shape index (κ1) is 32.4. The summed E-state index contributed by atoms with van der Waals surface area (Å²) in [6, 6.07) is 32.2. The van der Waals surface area contributed by atoms with E-state index in [2.05, 4.69) is 152 Å². The molecule has 0 radical (unpaired) electrons. The Morgan fingerprint density at radius 3 is 1.64 bits per heavy atom. The third-order valence-electron chi connectivity index (χ3n) is 11.9. The minimum absolute atomic E-state index is 0.0138. The molecule has 4 atom stereocenters. The lowest BCUT2D eigenvalue weighted by Gasteiger charge is -2.52. The van der Waals surface area contributed by atoms with E-state index in [1.54, 1.807) is 0 Å². The first-order chi connectivity index (χ1) is 21.5. The van der Waals surface area contributed by atoms with E-state index >= 15 is 0 Å². The molecule has 240 valence electrons. The molecule has 2 aliphatic heterocycles. The highest BCUT2D eigenvalue weighted by Gasteiger charge is 2.67. The van der Waals surface area contributed by atoms with Crippen LogP contribution in [0.4, 0.5) is 0 Å². The summed E-state index contributed by atoms with van der Waals surface area (Å²) in [7, 11) is -2.22. The summed E-state index contributed by atoms with van der Waals surface area (Å²) >= 11 is 0. The number of rotatable bonds is 11. The van der Waals surface area contributed by atoms with Gasteiger partial charge in [0.05, 0.1) is 18.3 Å². The lowest BCUT2D eigenvalue weighted by Crippen LogP contribution is -2.57. The van der Waals surface area contributed by atoms with E-state index in [9.17, 15) is 0 Å². The summed E-state index contributed by atoms with van der Waals surface area (Å²) in [4.78, 5) is 0. The van der Waals surface area contributed by atoms with Crippen LogP contribution in [0.15, 0.2) is 103 Å². The molecule has 45 heavy (non-hydrogen) atoms. The van der Waals surface area contributed by atoms with Crippen LogP contribution in [-0.2, 0) is 19.5 Å². The summed E-state index contributed by atoms with van der Waals surface area (Å²) in [5.74, 6) is 0. The molecule has 2 fully saturated rings. The van der Waals surface area contributed by atoms with Gasteiger partial charge >= 0.3 is 0 Å². The third-order valence-corrected chi connectivity index (χ3v) is 18.0. The molecule has 0 amide bonds. The van der Waals surface area contributed by atoms with Crippen LogP contribution in [0.25, 0.3) is 0 Å². The molecule has 1 aliphatic carbocycles. The first-order valence-corrected chi connectivity index (χ1v) is 19.6. The summed E-state index contributed by atoms with van der Waals surface area (Å²) in [6.07, 6.45) is 10.4. The highest BCUT2D eigenvalue weighted by Crippen LogP contribution is 2.62. The fourth-order valence-electron chi connectivity index (χ4n) is 9.52. The molecule has 3 nitrogen and oxygen atoms in total. The highest BCUT2D eigenvalue weighted by molar-refractivity contribution is 6.77. The normalized spacial score (nSPS) is 28.2. The smallest absolute Gasteiger partial charge is 0.200 e. The van der Waals surface area contributed by atoms with Crippen LogP contribution < -0.4 is 0 Å². The van der Waals surface area contributed by atoms with Crippen molar-refractivity contribution in [3.63, 3.8) is 0 Å². The molecule has 3 aliphatic rings. The Kier molecular flexibility index (Phi) is 8.84. The second-order valence-electron chi connectivity index (χ2n) is 15.2. The Morgan fingerprint density at radius 1 is 0.711 bits per heavy atom. The SMILES string of the molecule is CC(C)[Si](O[C@@H]1C[C@@]23CCCC[C@]2(C)C=C[C@]1(COC(c1ccccc1)(c1ccccc1)c1ccccc1)O3)(C(C)C)C(C)C. The summed E-state index contributed by atoms with van der Waals surface area (Å²) in [6.45, 7) is 17.2. The lowest BCUT2D eigenvalue weighted by atomic mass is 9.63. The van der Waals surface area contributed by atoms with Gasteiger partial charge < -0.3 is 13.9 Å². The van der Waals surface area contributed by atoms with Gasteiger partial charge in [0.15, 0.2) is 0 Å². The van der Waals surface area contributed by atoms with E-state index in [4.69, 9.17) is 13.9 Å². The van der Waals surface area contributed by atoms with Crippen LogP contribution in [0.1, 0.15) is 97.3 Å². The van der Waals surface area contributed by atoms with Gasteiger partial charge in [-0.1, -0.05) is 164 Å². The van der Waals surface area contributed by atoms with Crippen molar-refractivity contribution in [3.05, 3.63) is 120 Å². The Balaban J connectivity index is 1.50. The van der Waals surface area contributed by atoms with Crippen molar-refractivity contribution < 1.29 is 13.9 Å². The second kappa shape index (κ2) is 12.3. The zero-order valence-corrected chi connectivity index (χ0v) is 29.6. The van der Waals surface area contributed by atoms with E-state index in [0.29, 0.717) is 23.2 Å². The molecule has 3 aromatic rings. The first-order valence-electron chi connectivity index (χ1n) is 17.4. The predicted octanol–water partition coefficient (Wildman–Crippen LogP) is 10.6. The minimum atomic E-state index is -2.22. The van der Waals surface area contributed by atoms with Crippen molar-refractivity contribution in [3.8, 4) is 0 Å². The Hall–Kier alpha value is -2.50. The van der Waals surface area contributed by atoms with Crippen LogP contribution in [-0.4, -0.2) is 32.2 Å². The van der Waals surface area contributed by atoms with E-state index in [-0.39, 0.29) is 17.1 Å². The average Bonchev–Trinajstić information content (AvgIpc) is 3.31. The van der Waals surface area contributed by atoms with Crippen molar-refractivity contribution in [2.45, 2.75) is 120 Å². The molecule has 0 N–H and O–H groups in total. The Labute approximate surface area is 273 Å². The van der Waals surface area contributed by atoms with Gasteiger partial charge in [0.2, 0.25) is 8.32 Å². The van der Waals surface area contributed by atoms with E-state index in [1.807, 2.05) is 0 Å². The third kappa shape index (κ3) is 5.21. The average molecular weight is 623 g/mol. The predicted molar refractivity (Wildman–Crippen MR) is 188 cm³/mol. The Bertz CT molecular complexity index is 1330. The standard InChI is InChI=1S/C41H54O3Si/c1-31(2)45(32(3)4,33(5)6)43-37-29-40-26-18-17-25-38(40,7)27-28-39(37,44-40)30-42-41(34-19-11-8-12-20-34,35-21-13-9-14-22-35)36-23-15-10-16-24-36/h8-16,19-24,27-28,31-33,37H,17-18,25-26,29-30H2,1-7H3/t37-,38-,39-,40+/m1/s1. The fraction of sp³-hybridized carbons (Fsp3) is 0.512. The summed E-state index contributed by atoms with van der Waals surface area (Å²) in [5, 5.41) is 0. The zero-order valence-electron chi connectivity index (χ0n) is 28.6. The molecule has 2 bridgehead atoms. The molecular weight excluding hydrogens is 569 g/mol. The van der Waals surface area contributed by atoms with Crippen LogP contribution in [0.5, 0.6) is 0 Å². The van der Waals surface area contributed by atoms with Crippen molar-refractivity contribution in [1.82, 2.24) is 0 Å². The van der Waals surface area contributed by atoms with Crippen LogP contribution in [0, 0.1) is 5.41 Å². The van der Waals surface area contributed by atoms with Crippen molar-refractivity contribution in [2.24, 2.45) is 5.41 Å². The Morgan fingerprint density at radius 2 is 1.18 bits per heavy atom. The van der Waals surface area contributed by atoms with Gasteiger partial charge in [-0.3, -0.25) is 0 Å². The molecule has 6 rings (SSSR count). The molecule has 0 unspecified atom stereocenters. The molecule has 1 saturated carbocycles. The maximum atomic E-state index is 7.75. The van der Waals surface area contributed by atoms with E-state index < -0.39 is 19.5 Å². The van der Waals surface area contributed by atoms with Crippen molar-refractivity contribution in [2.75, 3.05) is 6.61 Å². The van der Waals surface area contributed by atoms with Gasteiger partial charge in [0.25, 0.3) is 0 Å². The fourth-order valence-corrected chi connectivity index (χ4v) is 15.1. The van der Waals surface area contributed by atoms with Gasteiger partial charge in [-0.25, -0.2) is 0 Å². The summed E-state index contributed by atoms with van der Waals surface area (Å²) in [5.41, 5.74) is 3.12. The maximum Gasteiger partial charge on any atom is 0.200 e. The van der Waals surface area contributed by atoms with Gasteiger partial charge in [0.1, 0.15) is 11.2 Å². The molecule has 2 heterocycles. The van der Waals surface area contributed by atoms with Gasteiger partial charge in [-0.2, -0.15) is 0 Å². The number of hydrogen-bond acceptors (Lipinski definition) is 3. The largest absolute Gasteiger partial charge is 0.410 e. The molecule has 1 spiro atoms. The topological polar surface area (TPSA) is 27.7 Å². The van der Waals surface area contributed by atoms with Gasteiger partial charge in [0, 0.05) is 11.8 Å². The number of fused-ring (bicyclic) bond motifs is 1. The number of benzene rings is 3. The quantitative estimate of drug-likeness (QED) is 0.121. The van der Waals surface area contributed by atoms with Gasteiger partial charge in [-0.05, 0) is 46.2 Å². The summed E-state index contributed by atoms with van der Waals surface area (Å²) < 4.78 is 22.9. The van der Waals surface area contributed by atoms with Crippen molar-refractivity contribution >= 4 is 8.32 Å². The highest BCUT2D eigenvalue weighted by atomic mass is 28.4. The van der Waals surface area contributed by atoms with Crippen molar-refractivity contribution in [1.29, 1.82) is 0 Å². The van der Waals surface area contributed by atoms with Crippen LogP contribution in [0.3, 0.4) is 0 Å². The molecular formula is C41H54O3Si. The number of hydrogen-bond donors (Lipinski definition) is 0. The molecule has 3 aromatic carbocycles. The minimum Gasteiger partial charge on any atom is -0.410 e. The van der Waals surface area contributed by atoms with Crippen LogP contribution in [0.2, 0.25) is 16.6 Å². The number of ether oxygens (including phenoxy) is 2. The molecule has 4 heteroatoms. The monoisotopic (exact) mass is 622 g/mol. The zero-order chi connectivity index (χ0) is 31.9. The van der Waals surface area contributed by atoms with E-state index in [0.717, 1.165) is 36.0 Å². The van der Waals surface area contributed by atoms with E-state index in [1.165, 1.54) is 12.8 Å². The molecule has 0 aromatic heterocycles. The molecule has 1 saturated heterocycles. The van der Waals surface area contributed by atoms with Gasteiger partial charge in [-0.15, -0.1) is 0 Å². The second-order valence-corrected chi connectivity index (χ2v) is 20.6. The lowest BCUT2D eigenvalue weighted by molar-refractivity contribution is -0.194. The maximum absolute atomic E-state index is 7.75. The van der Waals surface area contributed by atoms with Crippen LogP contribution >= 0.6 is 0 Å².